The lowest BCUT2D eigenvalue weighted by Gasteiger charge is -2.18. The Balaban J connectivity index is 2.72. The minimum atomic E-state index is -1.33. The van der Waals surface area contributed by atoms with Crippen molar-refractivity contribution >= 4 is 5.97 Å². The maximum atomic E-state index is 13.9. The first-order chi connectivity index (χ1) is 9.21. The molecule has 0 unspecified atom stereocenters. The maximum absolute atomic E-state index is 13.9. The number of aromatic nitrogens is 3. The highest BCUT2D eigenvalue weighted by atomic mass is 19.2. The number of hydrogen-bond donors (Lipinski definition) is 1. The summed E-state index contributed by atoms with van der Waals surface area (Å²) in [5.74, 6) is -3.68. The van der Waals surface area contributed by atoms with Crippen LogP contribution in [-0.2, 0) is 5.41 Å². The van der Waals surface area contributed by atoms with Crippen LogP contribution in [0.5, 0.6) is 0 Å². The first-order valence-electron chi connectivity index (χ1n) is 5.87. The zero-order valence-corrected chi connectivity index (χ0v) is 11.2. The highest BCUT2D eigenvalue weighted by molar-refractivity contribution is 5.83. The SMILES string of the molecule is CC(C)(C)c1nc(C(=O)O)nn1-c1cccc(F)c1F. The summed E-state index contributed by atoms with van der Waals surface area (Å²) in [6, 6.07) is 3.61. The number of hydrogen-bond acceptors (Lipinski definition) is 3. The van der Waals surface area contributed by atoms with Crippen molar-refractivity contribution in [2.75, 3.05) is 0 Å². The summed E-state index contributed by atoms with van der Waals surface area (Å²) in [6.45, 7) is 5.32. The minimum absolute atomic E-state index is 0.171. The summed E-state index contributed by atoms with van der Waals surface area (Å²) in [7, 11) is 0. The van der Waals surface area contributed by atoms with Crippen molar-refractivity contribution < 1.29 is 18.7 Å². The topological polar surface area (TPSA) is 68.0 Å². The van der Waals surface area contributed by atoms with Gasteiger partial charge in [0.2, 0.25) is 0 Å². The number of nitrogens with zero attached hydrogens (tertiary/aromatic N) is 3. The van der Waals surface area contributed by atoms with Gasteiger partial charge in [0, 0.05) is 5.41 Å². The summed E-state index contributed by atoms with van der Waals surface area (Å²) in [4.78, 5) is 14.9. The Kier molecular flexibility index (Phi) is 3.29. The third-order valence-electron chi connectivity index (χ3n) is 2.63. The lowest BCUT2D eigenvalue weighted by atomic mass is 9.95. The minimum Gasteiger partial charge on any atom is -0.475 e. The Morgan fingerprint density at radius 3 is 2.50 bits per heavy atom. The van der Waals surface area contributed by atoms with Crippen molar-refractivity contribution in [2.24, 2.45) is 0 Å². The quantitative estimate of drug-likeness (QED) is 0.918. The van der Waals surface area contributed by atoms with E-state index in [0.29, 0.717) is 0 Å². The molecule has 0 radical (unpaired) electrons. The molecule has 1 aromatic carbocycles. The second-order valence-electron chi connectivity index (χ2n) is 5.30. The van der Waals surface area contributed by atoms with Gasteiger partial charge in [-0.1, -0.05) is 26.8 Å². The smallest absolute Gasteiger partial charge is 0.375 e. The van der Waals surface area contributed by atoms with Crippen molar-refractivity contribution in [1.82, 2.24) is 14.8 Å². The fourth-order valence-electron chi connectivity index (χ4n) is 1.71. The summed E-state index contributed by atoms with van der Waals surface area (Å²) in [6.07, 6.45) is 0. The van der Waals surface area contributed by atoms with E-state index in [9.17, 15) is 13.6 Å². The standard InChI is InChI=1S/C13H13F2N3O2/c1-13(2,3)12-16-10(11(19)20)17-18(12)8-6-4-5-7(14)9(8)15/h4-6H,1-3H3,(H,19,20). The van der Waals surface area contributed by atoms with Gasteiger partial charge in [-0.25, -0.2) is 23.2 Å². The molecule has 0 bridgehead atoms. The van der Waals surface area contributed by atoms with E-state index in [-0.39, 0.29) is 11.5 Å². The van der Waals surface area contributed by atoms with Crippen molar-refractivity contribution in [3.63, 3.8) is 0 Å². The summed E-state index contributed by atoms with van der Waals surface area (Å²) < 4.78 is 28.2. The molecule has 5 nitrogen and oxygen atoms in total. The number of carboxylic acids is 1. The average Bonchev–Trinajstić information content (AvgIpc) is 2.77. The summed E-state index contributed by atoms with van der Waals surface area (Å²) in [5.41, 5.74) is -0.755. The lowest BCUT2D eigenvalue weighted by Crippen LogP contribution is -2.19. The van der Waals surface area contributed by atoms with Crippen LogP contribution in [0, 0.1) is 11.6 Å². The van der Waals surface area contributed by atoms with Crippen molar-refractivity contribution in [1.29, 1.82) is 0 Å². The fraction of sp³-hybridized carbons (Fsp3) is 0.308. The van der Waals surface area contributed by atoms with Gasteiger partial charge in [-0.3, -0.25) is 0 Å². The molecule has 0 amide bonds. The van der Waals surface area contributed by atoms with Gasteiger partial charge in [0.05, 0.1) is 0 Å². The normalized spacial score (nSPS) is 11.7. The van der Waals surface area contributed by atoms with E-state index in [1.807, 2.05) is 0 Å². The van der Waals surface area contributed by atoms with Crippen LogP contribution in [0.4, 0.5) is 8.78 Å². The van der Waals surface area contributed by atoms with Crippen LogP contribution >= 0.6 is 0 Å². The molecule has 2 rings (SSSR count). The molecule has 106 valence electrons. The van der Waals surface area contributed by atoms with Gasteiger partial charge in [-0.15, -0.1) is 5.10 Å². The van der Waals surface area contributed by atoms with Crippen LogP contribution in [-0.4, -0.2) is 25.8 Å². The van der Waals surface area contributed by atoms with Gasteiger partial charge in [-0.05, 0) is 12.1 Å². The number of aromatic carboxylic acids is 1. The Labute approximate surface area is 113 Å². The lowest BCUT2D eigenvalue weighted by molar-refractivity contribution is 0.0683. The van der Waals surface area contributed by atoms with Gasteiger partial charge in [0.1, 0.15) is 11.5 Å². The maximum Gasteiger partial charge on any atom is 0.375 e. The third-order valence-corrected chi connectivity index (χ3v) is 2.63. The van der Waals surface area contributed by atoms with Crippen molar-refractivity contribution in [2.45, 2.75) is 26.2 Å². The first kappa shape index (κ1) is 14.1. The molecule has 7 heteroatoms. The van der Waals surface area contributed by atoms with E-state index in [2.05, 4.69) is 10.1 Å². The monoisotopic (exact) mass is 281 g/mol. The van der Waals surface area contributed by atoms with Gasteiger partial charge in [0.15, 0.2) is 11.6 Å². The van der Waals surface area contributed by atoms with Crippen LogP contribution in [0.1, 0.15) is 37.2 Å². The largest absolute Gasteiger partial charge is 0.475 e. The molecule has 0 aliphatic heterocycles. The first-order valence-corrected chi connectivity index (χ1v) is 5.87. The number of carbonyl (C=O) groups is 1. The zero-order valence-electron chi connectivity index (χ0n) is 11.2. The Hall–Kier alpha value is -2.31. The Morgan fingerprint density at radius 1 is 1.30 bits per heavy atom. The molecule has 0 saturated heterocycles. The van der Waals surface area contributed by atoms with Crippen LogP contribution in [0.3, 0.4) is 0 Å². The second kappa shape index (κ2) is 4.66. The van der Waals surface area contributed by atoms with E-state index in [1.54, 1.807) is 20.8 Å². The number of rotatable bonds is 2. The van der Waals surface area contributed by atoms with Crippen LogP contribution < -0.4 is 0 Å². The highest BCUT2D eigenvalue weighted by Crippen LogP contribution is 2.25. The fourth-order valence-corrected chi connectivity index (χ4v) is 1.71. The van der Waals surface area contributed by atoms with E-state index >= 15 is 0 Å². The van der Waals surface area contributed by atoms with Gasteiger partial charge >= 0.3 is 5.97 Å². The second-order valence-corrected chi connectivity index (χ2v) is 5.30. The molecule has 0 aliphatic carbocycles. The van der Waals surface area contributed by atoms with E-state index in [1.165, 1.54) is 12.1 Å². The molecule has 1 heterocycles. The van der Waals surface area contributed by atoms with E-state index in [4.69, 9.17) is 5.11 Å². The van der Waals surface area contributed by atoms with E-state index in [0.717, 1.165) is 10.7 Å². The third kappa shape index (κ3) is 2.38. The Bertz CT molecular complexity index is 675. The summed E-state index contributed by atoms with van der Waals surface area (Å²) >= 11 is 0. The molecule has 2 aromatic rings. The highest BCUT2D eigenvalue weighted by Gasteiger charge is 2.27. The molecule has 0 aliphatic rings. The molecule has 0 fully saturated rings. The number of benzene rings is 1. The average molecular weight is 281 g/mol. The van der Waals surface area contributed by atoms with Crippen LogP contribution in [0.15, 0.2) is 18.2 Å². The molecule has 20 heavy (non-hydrogen) atoms. The van der Waals surface area contributed by atoms with Crippen LogP contribution in [0.2, 0.25) is 0 Å². The van der Waals surface area contributed by atoms with Gasteiger partial charge < -0.3 is 5.11 Å². The molecule has 0 spiro atoms. The molecular formula is C13H13F2N3O2. The molecule has 1 N–H and O–H groups in total. The molecular weight excluding hydrogens is 268 g/mol. The van der Waals surface area contributed by atoms with Crippen LogP contribution in [0.25, 0.3) is 5.69 Å². The zero-order chi connectivity index (χ0) is 15.1. The molecule has 0 saturated carbocycles. The van der Waals surface area contributed by atoms with Crippen molar-refractivity contribution in [3.8, 4) is 5.69 Å². The van der Waals surface area contributed by atoms with Gasteiger partial charge in [-0.2, -0.15) is 0 Å². The Morgan fingerprint density at radius 2 is 1.95 bits per heavy atom. The molecule has 0 atom stereocenters. The van der Waals surface area contributed by atoms with Crippen molar-refractivity contribution in [3.05, 3.63) is 41.5 Å². The predicted octanol–water partition coefficient (Wildman–Crippen LogP) is 2.54. The number of carboxylic acid groups (broad SMARTS) is 1. The van der Waals surface area contributed by atoms with Gasteiger partial charge in [0.25, 0.3) is 5.82 Å². The summed E-state index contributed by atoms with van der Waals surface area (Å²) in [5, 5.41) is 12.7. The van der Waals surface area contributed by atoms with E-state index < -0.39 is 28.8 Å². The predicted molar refractivity (Wildman–Crippen MR) is 66.9 cm³/mol. The number of halogens is 2. The molecule has 1 aromatic heterocycles.